The molecule has 17 heavy (non-hydrogen) atoms. The topological polar surface area (TPSA) is 12.0 Å². The minimum absolute atomic E-state index is 0.470. The molecule has 1 aromatic rings. The maximum absolute atomic E-state index is 13.5. The molecule has 1 aliphatic carbocycles. The molecule has 0 radical (unpaired) electrons. The van der Waals surface area contributed by atoms with Crippen LogP contribution in [0.2, 0.25) is 0 Å². The van der Waals surface area contributed by atoms with Gasteiger partial charge in [0.05, 0.1) is 0 Å². The van der Waals surface area contributed by atoms with Crippen LogP contribution in [0.25, 0.3) is 0 Å². The highest BCUT2D eigenvalue weighted by Crippen LogP contribution is 2.28. The second-order valence-corrected chi connectivity index (χ2v) is 4.94. The third-order valence-electron chi connectivity index (χ3n) is 3.73. The molecule has 3 heteroatoms. The Morgan fingerprint density at radius 2 is 2.12 bits per heavy atom. The number of rotatable bonds is 3. The number of nitrogens with one attached hydrogen (secondary N) is 1. The zero-order valence-corrected chi connectivity index (χ0v) is 10.2. The lowest BCUT2D eigenvalue weighted by molar-refractivity contribution is 0.291. The highest BCUT2D eigenvalue weighted by atomic mass is 19.2. The third kappa shape index (κ3) is 3.03. The van der Waals surface area contributed by atoms with E-state index in [4.69, 9.17) is 0 Å². The van der Waals surface area contributed by atoms with E-state index in [1.165, 1.54) is 18.9 Å². The van der Waals surface area contributed by atoms with Crippen molar-refractivity contribution in [2.45, 2.75) is 38.1 Å². The van der Waals surface area contributed by atoms with Gasteiger partial charge in [0.25, 0.3) is 0 Å². The molecule has 94 valence electrons. The SMILES string of the molecule is CNC1CCCC(Cc2cccc(F)c2F)C1. The van der Waals surface area contributed by atoms with Crippen LogP contribution >= 0.6 is 0 Å². The molecule has 0 aromatic heterocycles. The first-order valence-corrected chi connectivity index (χ1v) is 6.31. The summed E-state index contributed by atoms with van der Waals surface area (Å²) in [6, 6.07) is 4.99. The summed E-state index contributed by atoms with van der Waals surface area (Å²) in [5.41, 5.74) is 0.520. The average Bonchev–Trinajstić information content (AvgIpc) is 2.35. The van der Waals surface area contributed by atoms with Crippen LogP contribution in [-0.4, -0.2) is 13.1 Å². The minimum Gasteiger partial charge on any atom is -0.317 e. The van der Waals surface area contributed by atoms with Crippen molar-refractivity contribution in [3.63, 3.8) is 0 Å². The van der Waals surface area contributed by atoms with Crippen LogP contribution in [0.1, 0.15) is 31.2 Å². The van der Waals surface area contributed by atoms with E-state index in [9.17, 15) is 8.78 Å². The van der Waals surface area contributed by atoms with Gasteiger partial charge in [-0.15, -0.1) is 0 Å². The van der Waals surface area contributed by atoms with E-state index in [1.54, 1.807) is 12.1 Å². The molecule has 1 aliphatic rings. The fourth-order valence-electron chi connectivity index (χ4n) is 2.76. The van der Waals surface area contributed by atoms with Crippen molar-refractivity contribution in [1.29, 1.82) is 0 Å². The molecule has 1 aromatic carbocycles. The number of benzene rings is 1. The van der Waals surface area contributed by atoms with E-state index in [0.717, 1.165) is 12.8 Å². The quantitative estimate of drug-likeness (QED) is 0.853. The Kier molecular flexibility index (Phi) is 4.11. The summed E-state index contributed by atoms with van der Waals surface area (Å²) in [5, 5.41) is 3.28. The van der Waals surface area contributed by atoms with Crippen LogP contribution in [0, 0.1) is 17.6 Å². The molecule has 0 heterocycles. The second-order valence-electron chi connectivity index (χ2n) is 4.94. The van der Waals surface area contributed by atoms with Crippen molar-refractivity contribution in [2.75, 3.05) is 7.05 Å². The molecule has 1 nitrogen and oxygen atoms in total. The van der Waals surface area contributed by atoms with Crippen molar-refractivity contribution >= 4 is 0 Å². The van der Waals surface area contributed by atoms with Gasteiger partial charge in [0, 0.05) is 6.04 Å². The third-order valence-corrected chi connectivity index (χ3v) is 3.73. The summed E-state index contributed by atoms with van der Waals surface area (Å²) >= 11 is 0. The molecular formula is C14H19F2N. The van der Waals surface area contributed by atoms with E-state index in [2.05, 4.69) is 5.32 Å². The summed E-state index contributed by atoms with van der Waals surface area (Å²) in [7, 11) is 1.97. The van der Waals surface area contributed by atoms with Gasteiger partial charge < -0.3 is 5.32 Å². The molecule has 0 saturated heterocycles. The Bertz CT molecular complexity index is 378. The highest BCUT2D eigenvalue weighted by Gasteiger charge is 2.22. The van der Waals surface area contributed by atoms with E-state index >= 15 is 0 Å². The summed E-state index contributed by atoms with van der Waals surface area (Å²) in [6.07, 6.45) is 5.20. The van der Waals surface area contributed by atoms with Crippen LogP contribution in [0.3, 0.4) is 0 Å². The molecule has 0 bridgehead atoms. The summed E-state index contributed by atoms with van der Waals surface area (Å²) in [4.78, 5) is 0. The van der Waals surface area contributed by atoms with Gasteiger partial charge in [-0.3, -0.25) is 0 Å². The zero-order chi connectivity index (χ0) is 12.3. The molecular weight excluding hydrogens is 220 g/mol. The van der Waals surface area contributed by atoms with Gasteiger partial charge >= 0.3 is 0 Å². The molecule has 1 fully saturated rings. The Labute approximate surface area is 101 Å². The Balaban J connectivity index is 2.02. The minimum atomic E-state index is -0.733. The van der Waals surface area contributed by atoms with E-state index in [1.807, 2.05) is 7.05 Å². The van der Waals surface area contributed by atoms with Gasteiger partial charge in [0.15, 0.2) is 11.6 Å². The van der Waals surface area contributed by atoms with Gasteiger partial charge in [-0.05, 0) is 43.9 Å². The summed E-state index contributed by atoms with van der Waals surface area (Å²) in [5.74, 6) is -0.931. The fourth-order valence-corrected chi connectivity index (χ4v) is 2.76. The van der Waals surface area contributed by atoms with Crippen molar-refractivity contribution in [3.8, 4) is 0 Å². The van der Waals surface area contributed by atoms with Crippen LogP contribution < -0.4 is 5.32 Å². The van der Waals surface area contributed by atoms with Crippen LogP contribution in [-0.2, 0) is 6.42 Å². The molecule has 0 aliphatic heterocycles. The molecule has 0 spiro atoms. The van der Waals surface area contributed by atoms with Crippen molar-refractivity contribution in [3.05, 3.63) is 35.4 Å². The van der Waals surface area contributed by atoms with Gasteiger partial charge in [-0.2, -0.15) is 0 Å². The van der Waals surface area contributed by atoms with E-state index < -0.39 is 11.6 Å². The van der Waals surface area contributed by atoms with E-state index in [-0.39, 0.29) is 0 Å². The summed E-state index contributed by atoms with van der Waals surface area (Å²) < 4.78 is 26.6. The lowest BCUT2D eigenvalue weighted by atomic mass is 9.82. The van der Waals surface area contributed by atoms with Crippen LogP contribution in [0.15, 0.2) is 18.2 Å². The molecule has 1 N–H and O–H groups in total. The molecule has 1 saturated carbocycles. The van der Waals surface area contributed by atoms with Crippen molar-refractivity contribution < 1.29 is 8.78 Å². The van der Waals surface area contributed by atoms with Crippen LogP contribution in [0.4, 0.5) is 8.78 Å². The fraction of sp³-hybridized carbons (Fsp3) is 0.571. The maximum Gasteiger partial charge on any atom is 0.162 e. The Hall–Kier alpha value is -0.960. The predicted molar refractivity (Wildman–Crippen MR) is 64.9 cm³/mol. The maximum atomic E-state index is 13.5. The van der Waals surface area contributed by atoms with Crippen molar-refractivity contribution in [1.82, 2.24) is 5.32 Å². The van der Waals surface area contributed by atoms with Crippen LogP contribution in [0.5, 0.6) is 0 Å². The zero-order valence-electron chi connectivity index (χ0n) is 10.2. The first kappa shape index (κ1) is 12.5. The lowest BCUT2D eigenvalue weighted by Gasteiger charge is -2.29. The first-order chi connectivity index (χ1) is 8.20. The van der Waals surface area contributed by atoms with Gasteiger partial charge in [-0.1, -0.05) is 25.0 Å². The highest BCUT2D eigenvalue weighted by molar-refractivity contribution is 5.19. The van der Waals surface area contributed by atoms with Gasteiger partial charge in [0.2, 0.25) is 0 Å². The Morgan fingerprint density at radius 1 is 1.29 bits per heavy atom. The largest absolute Gasteiger partial charge is 0.317 e. The Morgan fingerprint density at radius 3 is 2.88 bits per heavy atom. The average molecular weight is 239 g/mol. The monoisotopic (exact) mass is 239 g/mol. The van der Waals surface area contributed by atoms with Gasteiger partial charge in [-0.25, -0.2) is 8.78 Å². The molecule has 2 rings (SSSR count). The molecule has 2 unspecified atom stereocenters. The standard InChI is InChI=1S/C14H19F2N/c1-17-12-6-2-4-10(9-12)8-11-5-3-7-13(15)14(11)16/h3,5,7,10,12,17H,2,4,6,8-9H2,1H3. The normalized spacial score (nSPS) is 24.9. The second kappa shape index (κ2) is 5.58. The lowest BCUT2D eigenvalue weighted by Crippen LogP contribution is -2.32. The smallest absolute Gasteiger partial charge is 0.162 e. The molecule has 0 amide bonds. The number of hydrogen-bond acceptors (Lipinski definition) is 1. The predicted octanol–water partition coefficient (Wildman–Crippen LogP) is 3.29. The number of halogens is 2. The number of hydrogen-bond donors (Lipinski definition) is 1. The summed E-state index contributed by atoms with van der Waals surface area (Å²) in [6.45, 7) is 0. The van der Waals surface area contributed by atoms with Crippen molar-refractivity contribution in [2.24, 2.45) is 5.92 Å². The van der Waals surface area contributed by atoms with Gasteiger partial charge in [0.1, 0.15) is 0 Å². The first-order valence-electron chi connectivity index (χ1n) is 6.31. The molecule has 2 atom stereocenters. The van der Waals surface area contributed by atoms with E-state index in [0.29, 0.717) is 23.9 Å².